The second kappa shape index (κ2) is 8.39. The van der Waals surface area contributed by atoms with Crippen LogP contribution in [-0.2, 0) is 17.8 Å². The predicted molar refractivity (Wildman–Crippen MR) is 116 cm³/mol. The number of nitrogens with zero attached hydrogens (tertiary/aromatic N) is 1. The van der Waals surface area contributed by atoms with Gasteiger partial charge in [-0.05, 0) is 42.0 Å². The summed E-state index contributed by atoms with van der Waals surface area (Å²) in [6, 6.07) is 20.9. The summed E-state index contributed by atoms with van der Waals surface area (Å²) in [5.74, 6) is 2.85. The molecule has 1 aliphatic rings. The lowest BCUT2D eigenvalue weighted by Gasteiger charge is -2.09. The first-order valence-electron chi connectivity index (χ1n) is 10.1. The molecule has 7 heteroatoms. The Bertz CT molecular complexity index is 1200. The Labute approximate surface area is 179 Å². The van der Waals surface area contributed by atoms with Gasteiger partial charge < -0.3 is 24.5 Å². The molecule has 0 atom stereocenters. The third-order valence-corrected chi connectivity index (χ3v) is 4.99. The van der Waals surface area contributed by atoms with Crippen LogP contribution in [0.1, 0.15) is 17.8 Å². The van der Waals surface area contributed by atoms with Crippen LogP contribution in [0.25, 0.3) is 11.0 Å². The summed E-state index contributed by atoms with van der Waals surface area (Å²) in [5, 5.41) is 2.95. The van der Waals surface area contributed by atoms with Gasteiger partial charge in [-0.2, -0.15) is 0 Å². The molecule has 5 rings (SSSR count). The summed E-state index contributed by atoms with van der Waals surface area (Å²) in [4.78, 5) is 20.1. The summed E-state index contributed by atoms with van der Waals surface area (Å²) < 4.78 is 16.5. The van der Waals surface area contributed by atoms with E-state index in [4.69, 9.17) is 14.2 Å². The van der Waals surface area contributed by atoms with Crippen molar-refractivity contribution < 1.29 is 19.0 Å². The Kier molecular flexibility index (Phi) is 5.14. The van der Waals surface area contributed by atoms with E-state index in [0.29, 0.717) is 30.9 Å². The van der Waals surface area contributed by atoms with Crippen LogP contribution in [0.4, 0.5) is 5.69 Å². The Morgan fingerprint density at radius 3 is 2.87 bits per heavy atom. The lowest BCUT2D eigenvalue weighted by Crippen LogP contribution is -2.13. The number of benzene rings is 3. The third-order valence-electron chi connectivity index (χ3n) is 4.99. The summed E-state index contributed by atoms with van der Waals surface area (Å²) in [6.45, 7) is 0.610. The maximum atomic E-state index is 12.4. The molecule has 0 radical (unpaired) electrons. The predicted octanol–water partition coefficient (Wildman–Crippen LogP) is 4.44. The number of rotatable bonds is 7. The molecule has 31 heavy (non-hydrogen) atoms. The zero-order valence-electron chi connectivity index (χ0n) is 16.8. The molecular weight excluding hydrogens is 394 g/mol. The van der Waals surface area contributed by atoms with Crippen molar-refractivity contribution >= 4 is 22.6 Å². The highest BCUT2D eigenvalue weighted by atomic mass is 16.7. The second-order valence-electron chi connectivity index (χ2n) is 7.25. The number of aromatic amines is 1. The number of fused-ring (bicyclic) bond motifs is 2. The fourth-order valence-corrected chi connectivity index (χ4v) is 3.45. The summed E-state index contributed by atoms with van der Waals surface area (Å²) in [7, 11) is 0. The number of nitrogens with one attached hydrogen (secondary N) is 2. The summed E-state index contributed by atoms with van der Waals surface area (Å²) >= 11 is 0. The van der Waals surface area contributed by atoms with E-state index < -0.39 is 0 Å². The van der Waals surface area contributed by atoms with Crippen molar-refractivity contribution in [2.75, 3.05) is 12.1 Å². The number of H-pyrrole nitrogens is 1. The van der Waals surface area contributed by atoms with Crippen LogP contribution < -0.4 is 19.5 Å². The van der Waals surface area contributed by atoms with E-state index in [1.165, 1.54) is 0 Å². The van der Waals surface area contributed by atoms with Crippen LogP contribution in [0, 0.1) is 0 Å². The van der Waals surface area contributed by atoms with Crippen LogP contribution in [0.3, 0.4) is 0 Å². The molecule has 0 saturated carbocycles. The summed E-state index contributed by atoms with van der Waals surface area (Å²) in [5.41, 5.74) is 3.58. The molecule has 0 saturated heterocycles. The quantitative estimate of drug-likeness (QED) is 0.466. The molecule has 2 N–H and O–H groups in total. The smallest absolute Gasteiger partial charge is 0.231 e. The Hall–Kier alpha value is -4.00. The number of para-hydroxylation sites is 2. The molecular formula is C24H21N3O4. The van der Waals surface area contributed by atoms with Crippen LogP contribution >= 0.6 is 0 Å². The lowest BCUT2D eigenvalue weighted by molar-refractivity contribution is -0.116. The Balaban J connectivity index is 1.15. The van der Waals surface area contributed by atoms with Crippen LogP contribution in [0.15, 0.2) is 66.7 Å². The summed E-state index contributed by atoms with van der Waals surface area (Å²) in [6.07, 6.45) is 0.894. The van der Waals surface area contributed by atoms with Crippen molar-refractivity contribution in [1.29, 1.82) is 0 Å². The highest BCUT2D eigenvalue weighted by Crippen LogP contribution is 2.35. The first kappa shape index (κ1) is 19.0. The molecule has 1 amide bonds. The minimum atomic E-state index is -0.0608. The second-order valence-corrected chi connectivity index (χ2v) is 7.25. The van der Waals surface area contributed by atoms with Gasteiger partial charge in [0, 0.05) is 24.6 Å². The van der Waals surface area contributed by atoms with Gasteiger partial charge in [0.05, 0.1) is 11.0 Å². The van der Waals surface area contributed by atoms with Gasteiger partial charge in [0.25, 0.3) is 0 Å². The molecule has 156 valence electrons. The van der Waals surface area contributed by atoms with Crippen molar-refractivity contribution in [3.05, 3.63) is 78.1 Å². The van der Waals surface area contributed by atoms with Crippen molar-refractivity contribution in [3.63, 3.8) is 0 Å². The van der Waals surface area contributed by atoms with Crippen LogP contribution in [-0.4, -0.2) is 22.7 Å². The molecule has 4 aromatic rings. The number of anilines is 1. The number of aryl methyl sites for hydroxylation is 1. The van der Waals surface area contributed by atoms with Gasteiger partial charge in [-0.15, -0.1) is 0 Å². The molecule has 0 spiro atoms. The molecule has 7 nitrogen and oxygen atoms in total. The number of ether oxygens (including phenoxy) is 3. The van der Waals surface area contributed by atoms with E-state index in [1.807, 2.05) is 66.7 Å². The molecule has 0 bridgehead atoms. The lowest BCUT2D eigenvalue weighted by atomic mass is 10.2. The Morgan fingerprint density at radius 1 is 1.03 bits per heavy atom. The number of carbonyl (C=O) groups excluding carboxylic acids is 1. The third kappa shape index (κ3) is 4.45. The fraction of sp³-hybridized carbons (Fsp3) is 0.167. The van der Waals surface area contributed by atoms with Crippen molar-refractivity contribution in [2.24, 2.45) is 0 Å². The minimum absolute atomic E-state index is 0.0608. The highest BCUT2D eigenvalue weighted by molar-refractivity contribution is 5.90. The van der Waals surface area contributed by atoms with E-state index in [2.05, 4.69) is 15.3 Å². The normalized spacial score (nSPS) is 12.1. The molecule has 2 heterocycles. The first-order valence-corrected chi connectivity index (χ1v) is 10.1. The number of carbonyl (C=O) groups is 1. The number of hydrogen-bond donors (Lipinski definition) is 2. The van der Waals surface area contributed by atoms with Gasteiger partial charge in [-0.3, -0.25) is 4.79 Å². The average molecular weight is 415 g/mol. The Morgan fingerprint density at radius 2 is 1.94 bits per heavy atom. The van der Waals surface area contributed by atoms with E-state index in [0.717, 1.165) is 33.9 Å². The topological polar surface area (TPSA) is 85.5 Å². The van der Waals surface area contributed by atoms with E-state index in [1.54, 1.807) is 0 Å². The first-order chi connectivity index (χ1) is 15.2. The van der Waals surface area contributed by atoms with E-state index in [-0.39, 0.29) is 12.7 Å². The molecule has 3 aromatic carbocycles. The number of aromatic nitrogens is 2. The van der Waals surface area contributed by atoms with E-state index in [9.17, 15) is 4.79 Å². The molecule has 0 fully saturated rings. The van der Waals surface area contributed by atoms with Gasteiger partial charge in [-0.1, -0.05) is 24.3 Å². The zero-order chi connectivity index (χ0) is 21.0. The fourth-order valence-electron chi connectivity index (χ4n) is 3.45. The number of amides is 1. The highest BCUT2D eigenvalue weighted by Gasteiger charge is 2.14. The number of hydrogen-bond acceptors (Lipinski definition) is 5. The molecule has 1 aromatic heterocycles. The maximum absolute atomic E-state index is 12.4. The maximum Gasteiger partial charge on any atom is 0.231 e. The van der Waals surface area contributed by atoms with E-state index >= 15 is 0 Å². The minimum Gasteiger partial charge on any atom is -0.489 e. The zero-order valence-corrected chi connectivity index (χ0v) is 16.8. The van der Waals surface area contributed by atoms with Gasteiger partial charge in [-0.25, -0.2) is 4.98 Å². The van der Waals surface area contributed by atoms with Gasteiger partial charge in [0.1, 0.15) is 18.2 Å². The van der Waals surface area contributed by atoms with Crippen molar-refractivity contribution in [1.82, 2.24) is 9.97 Å². The van der Waals surface area contributed by atoms with Gasteiger partial charge in [0.2, 0.25) is 12.7 Å². The number of imidazole rings is 1. The molecule has 0 unspecified atom stereocenters. The largest absolute Gasteiger partial charge is 0.489 e. The standard InChI is InChI=1S/C24H21N3O4/c28-24(11-10-23-26-19-6-1-2-7-20(19)27-23)25-17-5-3-4-16(12-17)14-29-18-8-9-21-22(13-18)31-15-30-21/h1-9,12-13H,10-11,14-15H2,(H,25,28)(H,26,27). The monoisotopic (exact) mass is 415 g/mol. The SMILES string of the molecule is O=C(CCc1nc2ccccc2[nH]1)Nc1cccc(COc2ccc3c(c2)OCO3)c1. The average Bonchev–Trinajstić information content (AvgIpc) is 3.42. The van der Waals surface area contributed by atoms with Crippen LogP contribution in [0.5, 0.6) is 17.2 Å². The molecule has 0 aliphatic carbocycles. The molecule has 1 aliphatic heterocycles. The van der Waals surface area contributed by atoms with Crippen molar-refractivity contribution in [2.45, 2.75) is 19.4 Å². The van der Waals surface area contributed by atoms with Gasteiger partial charge in [0.15, 0.2) is 11.5 Å². The van der Waals surface area contributed by atoms with Crippen molar-refractivity contribution in [3.8, 4) is 17.2 Å². The van der Waals surface area contributed by atoms with Crippen LogP contribution in [0.2, 0.25) is 0 Å². The van der Waals surface area contributed by atoms with Gasteiger partial charge >= 0.3 is 0 Å².